The van der Waals surface area contributed by atoms with Crippen LogP contribution in [0.5, 0.6) is 0 Å². The molecule has 1 amide bonds. The summed E-state index contributed by atoms with van der Waals surface area (Å²) in [6.45, 7) is 5.12. The van der Waals surface area contributed by atoms with E-state index in [0.29, 0.717) is 51.9 Å². The van der Waals surface area contributed by atoms with Crippen molar-refractivity contribution in [1.82, 2.24) is 10.2 Å². The lowest BCUT2D eigenvalue weighted by atomic mass is 9.74. The van der Waals surface area contributed by atoms with Crippen LogP contribution in [0.3, 0.4) is 0 Å². The summed E-state index contributed by atoms with van der Waals surface area (Å²) in [7, 11) is 0. The number of hydrogen-bond acceptors (Lipinski definition) is 6. The number of benzene rings is 1. The molecule has 3 atom stereocenters. The molecule has 0 aromatic heterocycles. The SMILES string of the molecule is CCOC(=O)C(CCc1ccccc1)N[C@@H](C)C(=O)N1CCC2(CCOCC2)C1C(=O)O. The predicted octanol–water partition coefficient (Wildman–Crippen LogP) is 2.01. The van der Waals surface area contributed by atoms with E-state index in [9.17, 15) is 19.5 Å². The van der Waals surface area contributed by atoms with Crippen molar-refractivity contribution in [2.24, 2.45) is 5.41 Å². The number of hydrogen-bond donors (Lipinski definition) is 2. The van der Waals surface area contributed by atoms with E-state index < -0.39 is 35.5 Å². The number of nitrogens with zero attached hydrogens (tertiary/aromatic N) is 1. The van der Waals surface area contributed by atoms with Gasteiger partial charge in [0.25, 0.3) is 0 Å². The smallest absolute Gasteiger partial charge is 0.327 e. The molecule has 1 spiro atoms. The third-order valence-corrected chi connectivity index (χ3v) is 6.71. The molecule has 2 N–H and O–H groups in total. The van der Waals surface area contributed by atoms with Gasteiger partial charge in [-0.05, 0) is 51.5 Å². The van der Waals surface area contributed by atoms with Crippen LogP contribution in [0.2, 0.25) is 0 Å². The number of carboxylic acid groups (broad SMARTS) is 1. The number of carboxylic acids is 1. The molecule has 2 heterocycles. The maximum atomic E-state index is 13.3. The number of carbonyl (C=O) groups is 3. The highest BCUT2D eigenvalue weighted by molar-refractivity contribution is 5.88. The van der Waals surface area contributed by atoms with Gasteiger partial charge in [0.1, 0.15) is 12.1 Å². The maximum absolute atomic E-state index is 13.3. The van der Waals surface area contributed by atoms with Gasteiger partial charge in [0.2, 0.25) is 5.91 Å². The Bertz CT molecular complexity index is 793. The molecule has 176 valence electrons. The molecular formula is C24H34N2O6. The van der Waals surface area contributed by atoms with Gasteiger partial charge in [0, 0.05) is 25.2 Å². The normalized spacial score (nSPS) is 21.8. The lowest BCUT2D eigenvalue weighted by molar-refractivity contribution is -0.155. The van der Waals surface area contributed by atoms with E-state index in [1.807, 2.05) is 30.3 Å². The highest BCUT2D eigenvalue weighted by atomic mass is 16.5. The Morgan fingerprint density at radius 3 is 2.53 bits per heavy atom. The van der Waals surface area contributed by atoms with Crippen molar-refractivity contribution in [1.29, 1.82) is 0 Å². The van der Waals surface area contributed by atoms with Crippen molar-refractivity contribution < 1.29 is 29.0 Å². The van der Waals surface area contributed by atoms with Crippen LogP contribution in [-0.2, 0) is 30.3 Å². The first-order valence-electron chi connectivity index (χ1n) is 11.5. The number of carbonyl (C=O) groups excluding carboxylic acids is 2. The zero-order chi connectivity index (χ0) is 23.1. The number of amides is 1. The zero-order valence-corrected chi connectivity index (χ0v) is 18.9. The van der Waals surface area contributed by atoms with Gasteiger partial charge in [-0.1, -0.05) is 30.3 Å². The predicted molar refractivity (Wildman–Crippen MR) is 118 cm³/mol. The summed E-state index contributed by atoms with van der Waals surface area (Å²) in [6, 6.07) is 7.57. The maximum Gasteiger partial charge on any atom is 0.327 e. The Kier molecular flexibility index (Phi) is 8.26. The topological polar surface area (TPSA) is 105 Å². The van der Waals surface area contributed by atoms with Gasteiger partial charge < -0.3 is 19.5 Å². The molecule has 1 aromatic carbocycles. The summed E-state index contributed by atoms with van der Waals surface area (Å²) < 4.78 is 10.6. The summed E-state index contributed by atoms with van der Waals surface area (Å²) in [5.41, 5.74) is 0.655. The molecule has 0 aliphatic carbocycles. The summed E-state index contributed by atoms with van der Waals surface area (Å²) in [5.74, 6) is -1.68. The number of aliphatic carboxylic acids is 1. The monoisotopic (exact) mass is 446 g/mol. The molecule has 0 bridgehead atoms. The second-order valence-corrected chi connectivity index (χ2v) is 8.71. The quantitative estimate of drug-likeness (QED) is 0.559. The van der Waals surface area contributed by atoms with Crippen LogP contribution < -0.4 is 5.32 Å². The first-order chi connectivity index (χ1) is 15.4. The van der Waals surface area contributed by atoms with Crippen LogP contribution in [0, 0.1) is 5.41 Å². The molecular weight excluding hydrogens is 412 g/mol. The third-order valence-electron chi connectivity index (χ3n) is 6.71. The van der Waals surface area contributed by atoms with Crippen LogP contribution >= 0.6 is 0 Å². The van der Waals surface area contributed by atoms with Gasteiger partial charge in [-0.25, -0.2) is 4.79 Å². The average molecular weight is 447 g/mol. The Labute approximate surface area is 189 Å². The lowest BCUT2D eigenvalue weighted by Gasteiger charge is -2.38. The van der Waals surface area contributed by atoms with Crippen LogP contribution in [0.15, 0.2) is 30.3 Å². The first kappa shape index (κ1) is 24.2. The number of esters is 1. The largest absolute Gasteiger partial charge is 0.480 e. The molecule has 2 aliphatic rings. The number of aryl methyl sites for hydroxylation is 1. The molecule has 8 heteroatoms. The van der Waals surface area contributed by atoms with E-state index in [2.05, 4.69) is 5.32 Å². The first-order valence-corrected chi connectivity index (χ1v) is 11.5. The molecule has 0 saturated carbocycles. The van der Waals surface area contributed by atoms with Crippen LogP contribution in [0.4, 0.5) is 0 Å². The van der Waals surface area contributed by atoms with Gasteiger partial charge in [0.15, 0.2) is 0 Å². The van der Waals surface area contributed by atoms with E-state index in [4.69, 9.17) is 9.47 Å². The van der Waals surface area contributed by atoms with Crippen molar-refractivity contribution in [3.05, 3.63) is 35.9 Å². The average Bonchev–Trinajstić information content (AvgIpc) is 3.15. The van der Waals surface area contributed by atoms with E-state index in [1.165, 1.54) is 4.90 Å². The van der Waals surface area contributed by atoms with E-state index in [0.717, 1.165) is 5.56 Å². The number of rotatable bonds is 9. The lowest BCUT2D eigenvalue weighted by Crippen LogP contribution is -2.56. The van der Waals surface area contributed by atoms with Crippen molar-refractivity contribution in [3.8, 4) is 0 Å². The molecule has 0 radical (unpaired) electrons. The molecule has 2 unspecified atom stereocenters. The highest BCUT2D eigenvalue weighted by Crippen LogP contribution is 2.45. The minimum atomic E-state index is -0.976. The van der Waals surface area contributed by atoms with Crippen molar-refractivity contribution in [2.45, 2.75) is 64.1 Å². The van der Waals surface area contributed by atoms with Gasteiger partial charge in [0.05, 0.1) is 12.6 Å². The molecule has 32 heavy (non-hydrogen) atoms. The molecule has 1 aromatic rings. The second-order valence-electron chi connectivity index (χ2n) is 8.71. The number of ether oxygens (including phenoxy) is 2. The van der Waals surface area contributed by atoms with Gasteiger partial charge in [-0.15, -0.1) is 0 Å². The van der Waals surface area contributed by atoms with E-state index in [-0.39, 0.29) is 12.5 Å². The fourth-order valence-corrected chi connectivity index (χ4v) is 4.96. The Morgan fingerprint density at radius 1 is 1.22 bits per heavy atom. The fourth-order valence-electron chi connectivity index (χ4n) is 4.96. The minimum Gasteiger partial charge on any atom is -0.480 e. The summed E-state index contributed by atoms with van der Waals surface area (Å²) in [4.78, 5) is 39.5. The Morgan fingerprint density at radius 2 is 1.91 bits per heavy atom. The van der Waals surface area contributed by atoms with Crippen molar-refractivity contribution >= 4 is 17.8 Å². The number of nitrogens with one attached hydrogen (secondary N) is 1. The molecule has 3 rings (SSSR count). The standard InChI is InChI=1S/C24H34N2O6/c1-3-32-23(30)19(10-9-18-7-5-4-6-8-18)25-17(2)21(27)26-14-11-24(20(26)22(28)29)12-15-31-16-13-24/h4-8,17,19-20,25H,3,9-16H2,1-2H3,(H,28,29)/t17-,19?,20?/m0/s1. The van der Waals surface area contributed by atoms with Gasteiger partial charge in [-0.2, -0.15) is 0 Å². The molecule has 2 fully saturated rings. The van der Waals surface area contributed by atoms with Gasteiger partial charge >= 0.3 is 11.9 Å². The van der Waals surface area contributed by atoms with Crippen molar-refractivity contribution in [3.63, 3.8) is 0 Å². The molecule has 8 nitrogen and oxygen atoms in total. The Balaban J connectivity index is 1.69. The summed E-state index contributed by atoms with van der Waals surface area (Å²) >= 11 is 0. The van der Waals surface area contributed by atoms with E-state index >= 15 is 0 Å². The fraction of sp³-hybridized carbons (Fsp3) is 0.625. The highest BCUT2D eigenvalue weighted by Gasteiger charge is 2.53. The minimum absolute atomic E-state index is 0.252. The zero-order valence-electron chi connectivity index (χ0n) is 18.9. The summed E-state index contributed by atoms with van der Waals surface area (Å²) in [5, 5.41) is 13.1. The summed E-state index contributed by atoms with van der Waals surface area (Å²) in [6.07, 6.45) is 3.06. The van der Waals surface area contributed by atoms with Crippen LogP contribution in [-0.4, -0.2) is 72.3 Å². The van der Waals surface area contributed by atoms with Crippen molar-refractivity contribution in [2.75, 3.05) is 26.4 Å². The van der Waals surface area contributed by atoms with Crippen LogP contribution in [0.1, 0.15) is 45.1 Å². The van der Waals surface area contributed by atoms with E-state index in [1.54, 1.807) is 13.8 Å². The van der Waals surface area contributed by atoms with Crippen LogP contribution in [0.25, 0.3) is 0 Å². The molecule has 2 saturated heterocycles. The molecule has 2 aliphatic heterocycles. The number of likely N-dealkylation sites (tertiary alicyclic amines) is 1. The second kappa shape index (κ2) is 10.9. The Hall–Kier alpha value is -2.45. The third kappa shape index (κ3) is 5.48. The van der Waals surface area contributed by atoms with Gasteiger partial charge in [-0.3, -0.25) is 14.9 Å².